The molecule has 0 aromatic heterocycles. The molecule has 0 heterocycles. The van der Waals surface area contributed by atoms with Gasteiger partial charge in [-0.1, -0.05) is 12.1 Å². The molecule has 2 aromatic carbocycles. The van der Waals surface area contributed by atoms with E-state index in [2.05, 4.69) is 10.6 Å². The van der Waals surface area contributed by atoms with E-state index in [1.165, 1.54) is 0 Å². The largest absolute Gasteiger partial charge is 0.492 e. The number of anilines is 3. The van der Waals surface area contributed by atoms with E-state index in [0.717, 1.165) is 5.69 Å². The Kier molecular flexibility index (Phi) is 5.35. The summed E-state index contributed by atoms with van der Waals surface area (Å²) in [7, 11) is 3.91. The summed E-state index contributed by atoms with van der Waals surface area (Å²) in [5.41, 5.74) is 1.29. The molecule has 0 spiro atoms. The van der Waals surface area contributed by atoms with Gasteiger partial charge >= 0.3 is 0 Å². The van der Waals surface area contributed by atoms with Gasteiger partial charge < -0.3 is 20.3 Å². The van der Waals surface area contributed by atoms with Crippen LogP contribution in [0.15, 0.2) is 48.5 Å². The summed E-state index contributed by atoms with van der Waals surface area (Å²) in [4.78, 5) is 27.5. The maximum Gasteiger partial charge on any atom is 0.240 e. The highest BCUT2D eigenvalue weighted by molar-refractivity contribution is 6.17. The van der Waals surface area contributed by atoms with Crippen molar-refractivity contribution in [2.75, 3.05) is 36.2 Å². The van der Waals surface area contributed by atoms with E-state index < -0.39 is 5.41 Å². The minimum absolute atomic E-state index is 0.272. The second-order valence-corrected chi connectivity index (χ2v) is 6.86. The zero-order valence-corrected chi connectivity index (χ0v) is 15.9. The van der Waals surface area contributed by atoms with E-state index >= 15 is 0 Å². The van der Waals surface area contributed by atoms with Crippen molar-refractivity contribution in [2.24, 2.45) is 5.41 Å². The highest BCUT2D eigenvalue weighted by atomic mass is 16.5. The van der Waals surface area contributed by atoms with Crippen molar-refractivity contribution in [3.05, 3.63) is 48.5 Å². The number of para-hydroxylation sites is 2. The first-order chi connectivity index (χ1) is 13.0. The Bertz CT molecular complexity index is 827. The average molecular weight is 367 g/mol. The lowest BCUT2D eigenvalue weighted by molar-refractivity contribution is -0.131. The molecule has 6 heteroatoms. The molecule has 1 fully saturated rings. The van der Waals surface area contributed by atoms with Crippen molar-refractivity contribution >= 4 is 28.9 Å². The lowest BCUT2D eigenvalue weighted by Gasteiger charge is -2.18. The van der Waals surface area contributed by atoms with E-state index in [4.69, 9.17) is 4.74 Å². The molecule has 27 heavy (non-hydrogen) atoms. The third kappa shape index (κ3) is 4.05. The van der Waals surface area contributed by atoms with E-state index in [1.54, 1.807) is 12.1 Å². The van der Waals surface area contributed by atoms with E-state index in [9.17, 15) is 9.59 Å². The van der Waals surface area contributed by atoms with Gasteiger partial charge in [0.2, 0.25) is 11.8 Å². The Morgan fingerprint density at radius 2 is 1.63 bits per heavy atom. The van der Waals surface area contributed by atoms with Gasteiger partial charge in [-0.05, 0) is 56.2 Å². The second-order valence-electron chi connectivity index (χ2n) is 6.86. The molecule has 2 amide bonds. The summed E-state index contributed by atoms with van der Waals surface area (Å²) in [6.45, 7) is 2.39. The number of hydrogen-bond donors (Lipinski definition) is 2. The third-order valence-electron chi connectivity index (χ3n) is 4.70. The molecular weight excluding hydrogens is 342 g/mol. The predicted octanol–water partition coefficient (Wildman–Crippen LogP) is 3.51. The normalized spacial score (nSPS) is 14.2. The number of benzene rings is 2. The van der Waals surface area contributed by atoms with Crippen LogP contribution in [0.5, 0.6) is 5.75 Å². The van der Waals surface area contributed by atoms with Gasteiger partial charge in [0.05, 0.1) is 12.3 Å². The quantitative estimate of drug-likeness (QED) is 0.735. The summed E-state index contributed by atoms with van der Waals surface area (Å²) in [5, 5.41) is 5.73. The summed E-state index contributed by atoms with van der Waals surface area (Å²) < 4.78 is 5.54. The fraction of sp³-hybridized carbons (Fsp3) is 0.333. The molecule has 6 nitrogen and oxygen atoms in total. The number of carbonyl (C=O) groups excluding carboxylic acids is 2. The standard InChI is InChI=1S/C21H25N3O3/c1-4-27-18-8-6-5-7-17(18)23-20(26)21(13-14-21)19(25)22-15-9-11-16(12-10-15)24(2)3/h5-12H,4,13-14H2,1-3H3,(H,22,25)(H,23,26). The van der Waals surface area contributed by atoms with Crippen molar-refractivity contribution in [1.29, 1.82) is 0 Å². The first kappa shape index (κ1) is 18.8. The molecule has 3 rings (SSSR count). The van der Waals surface area contributed by atoms with Gasteiger partial charge in [0, 0.05) is 25.5 Å². The number of nitrogens with zero attached hydrogens (tertiary/aromatic N) is 1. The molecule has 1 saturated carbocycles. The van der Waals surface area contributed by atoms with E-state index in [-0.39, 0.29) is 11.8 Å². The number of amides is 2. The molecule has 0 saturated heterocycles. The monoisotopic (exact) mass is 367 g/mol. The predicted molar refractivity (Wildman–Crippen MR) is 107 cm³/mol. The van der Waals surface area contributed by atoms with Crippen LogP contribution in [0.25, 0.3) is 0 Å². The van der Waals surface area contributed by atoms with Crippen molar-refractivity contribution in [3.8, 4) is 5.75 Å². The number of nitrogens with one attached hydrogen (secondary N) is 2. The van der Waals surface area contributed by atoms with Crippen LogP contribution >= 0.6 is 0 Å². The molecule has 0 unspecified atom stereocenters. The summed E-state index contributed by atoms with van der Waals surface area (Å²) in [5.74, 6) is 0.0346. The maximum atomic E-state index is 12.8. The Morgan fingerprint density at radius 3 is 2.22 bits per heavy atom. The van der Waals surface area contributed by atoms with Crippen LogP contribution < -0.4 is 20.3 Å². The molecule has 142 valence electrons. The summed E-state index contributed by atoms with van der Waals surface area (Å²) >= 11 is 0. The average Bonchev–Trinajstić information content (AvgIpc) is 3.46. The highest BCUT2D eigenvalue weighted by Crippen LogP contribution is 2.48. The molecule has 0 bridgehead atoms. The number of ether oxygens (including phenoxy) is 1. The highest BCUT2D eigenvalue weighted by Gasteiger charge is 2.56. The van der Waals surface area contributed by atoms with Crippen LogP contribution in [0.1, 0.15) is 19.8 Å². The number of carbonyl (C=O) groups is 2. The van der Waals surface area contributed by atoms with Crippen LogP contribution in [0, 0.1) is 5.41 Å². The van der Waals surface area contributed by atoms with Crippen LogP contribution in [0.2, 0.25) is 0 Å². The maximum absolute atomic E-state index is 12.8. The van der Waals surface area contributed by atoms with Crippen molar-refractivity contribution in [3.63, 3.8) is 0 Å². The molecule has 0 atom stereocenters. The Hall–Kier alpha value is -3.02. The van der Waals surface area contributed by atoms with Gasteiger partial charge in [-0.25, -0.2) is 0 Å². The zero-order chi connectivity index (χ0) is 19.4. The zero-order valence-electron chi connectivity index (χ0n) is 15.9. The minimum Gasteiger partial charge on any atom is -0.492 e. The Morgan fingerprint density at radius 1 is 1.00 bits per heavy atom. The Balaban J connectivity index is 1.69. The van der Waals surface area contributed by atoms with Crippen molar-refractivity contribution in [2.45, 2.75) is 19.8 Å². The third-order valence-corrected chi connectivity index (χ3v) is 4.70. The summed E-state index contributed by atoms with van der Waals surface area (Å²) in [6, 6.07) is 14.8. The van der Waals surface area contributed by atoms with E-state index in [0.29, 0.717) is 36.6 Å². The fourth-order valence-electron chi connectivity index (χ4n) is 2.87. The van der Waals surface area contributed by atoms with Gasteiger partial charge in [0.25, 0.3) is 0 Å². The molecular formula is C21H25N3O3. The lowest BCUT2D eigenvalue weighted by atomic mass is 10.0. The lowest BCUT2D eigenvalue weighted by Crippen LogP contribution is -2.35. The van der Waals surface area contributed by atoms with Gasteiger partial charge in [0.15, 0.2) is 0 Å². The Labute approximate surface area is 159 Å². The van der Waals surface area contributed by atoms with Crippen molar-refractivity contribution < 1.29 is 14.3 Å². The first-order valence-corrected chi connectivity index (χ1v) is 9.08. The van der Waals surface area contributed by atoms with Crippen LogP contribution in [0.4, 0.5) is 17.1 Å². The molecule has 1 aliphatic rings. The molecule has 0 radical (unpaired) electrons. The van der Waals surface area contributed by atoms with Gasteiger partial charge in [-0.3, -0.25) is 9.59 Å². The smallest absolute Gasteiger partial charge is 0.240 e. The van der Waals surface area contributed by atoms with E-state index in [1.807, 2.05) is 62.3 Å². The van der Waals surface area contributed by atoms with Crippen LogP contribution in [-0.4, -0.2) is 32.5 Å². The van der Waals surface area contributed by atoms with Gasteiger partial charge in [-0.2, -0.15) is 0 Å². The van der Waals surface area contributed by atoms with Gasteiger partial charge in [0.1, 0.15) is 11.2 Å². The van der Waals surface area contributed by atoms with Gasteiger partial charge in [-0.15, -0.1) is 0 Å². The number of rotatable bonds is 7. The fourth-order valence-corrected chi connectivity index (χ4v) is 2.87. The second kappa shape index (κ2) is 7.70. The molecule has 2 aromatic rings. The first-order valence-electron chi connectivity index (χ1n) is 9.08. The topological polar surface area (TPSA) is 70.7 Å². The molecule has 2 N–H and O–H groups in total. The minimum atomic E-state index is -1.01. The molecule has 1 aliphatic carbocycles. The summed E-state index contributed by atoms with van der Waals surface area (Å²) in [6.07, 6.45) is 1.08. The SMILES string of the molecule is CCOc1ccccc1NC(=O)C1(C(=O)Nc2ccc(N(C)C)cc2)CC1. The van der Waals surface area contributed by atoms with Crippen LogP contribution in [-0.2, 0) is 9.59 Å². The number of hydrogen-bond acceptors (Lipinski definition) is 4. The van der Waals surface area contributed by atoms with Crippen LogP contribution in [0.3, 0.4) is 0 Å². The van der Waals surface area contributed by atoms with Crippen molar-refractivity contribution in [1.82, 2.24) is 0 Å². The molecule has 0 aliphatic heterocycles.